The van der Waals surface area contributed by atoms with Gasteiger partial charge in [0.1, 0.15) is 18.0 Å². The van der Waals surface area contributed by atoms with Crippen LogP contribution in [0.3, 0.4) is 0 Å². The van der Waals surface area contributed by atoms with Crippen LogP contribution in [-0.2, 0) is 9.53 Å². The number of nitrogens with zero attached hydrogens (tertiary/aromatic N) is 3. The molecule has 0 bridgehead atoms. The van der Waals surface area contributed by atoms with Crippen LogP contribution < -0.4 is 4.90 Å². The van der Waals surface area contributed by atoms with Crippen molar-refractivity contribution in [3.63, 3.8) is 0 Å². The summed E-state index contributed by atoms with van der Waals surface area (Å²) in [5.41, 5.74) is 1.26. The first kappa shape index (κ1) is 18.6. The van der Waals surface area contributed by atoms with E-state index in [0.29, 0.717) is 30.9 Å². The molecule has 2 aliphatic rings. The molecule has 1 aromatic heterocycles. The van der Waals surface area contributed by atoms with Crippen molar-refractivity contribution in [2.45, 2.75) is 25.4 Å². The van der Waals surface area contributed by atoms with Crippen LogP contribution in [0.15, 0.2) is 42.6 Å². The third-order valence-corrected chi connectivity index (χ3v) is 5.35. The summed E-state index contributed by atoms with van der Waals surface area (Å²) < 4.78 is 19.6. The number of morpholine rings is 1. The fourth-order valence-corrected chi connectivity index (χ4v) is 3.89. The maximum absolute atomic E-state index is 13.6. The van der Waals surface area contributed by atoms with Crippen LogP contribution in [0, 0.1) is 12.7 Å². The number of piperidine rings is 1. The second-order valence-electron chi connectivity index (χ2n) is 7.45. The second kappa shape index (κ2) is 7.31. The first-order valence-corrected chi connectivity index (χ1v) is 9.38. The molecule has 2 aliphatic heterocycles. The van der Waals surface area contributed by atoms with Crippen molar-refractivity contribution in [2.24, 2.45) is 0 Å². The van der Waals surface area contributed by atoms with E-state index in [2.05, 4.69) is 4.98 Å². The van der Waals surface area contributed by atoms with Crippen molar-refractivity contribution in [3.05, 3.63) is 59.7 Å². The number of likely N-dealkylation sites (tertiary alicyclic amines) is 1. The highest BCUT2D eigenvalue weighted by molar-refractivity contribution is 5.96. The molecule has 7 heteroatoms. The molecule has 0 saturated carbocycles. The van der Waals surface area contributed by atoms with Gasteiger partial charge in [0.2, 0.25) is 0 Å². The van der Waals surface area contributed by atoms with E-state index in [1.807, 2.05) is 13.0 Å². The number of carbonyl (C=O) groups excluding carboxylic acids is 2. The van der Waals surface area contributed by atoms with Gasteiger partial charge in [0.25, 0.3) is 11.8 Å². The summed E-state index contributed by atoms with van der Waals surface area (Å²) in [5, 5.41) is 0. The number of rotatable bonds is 2. The summed E-state index contributed by atoms with van der Waals surface area (Å²) in [6.45, 7) is 3.11. The number of ether oxygens (including phenoxy) is 1. The number of halogens is 1. The Bertz CT molecular complexity index is 902. The first-order valence-electron chi connectivity index (χ1n) is 9.38. The topological polar surface area (TPSA) is 62.7 Å². The van der Waals surface area contributed by atoms with Crippen molar-refractivity contribution in [1.29, 1.82) is 0 Å². The van der Waals surface area contributed by atoms with Gasteiger partial charge in [0.15, 0.2) is 0 Å². The molecule has 0 aliphatic carbocycles. The summed E-state index contributed by atoms with van der Waals surface area (Å²) in [6, 6.07) is 9.58. The molecule has 2 saturated heterocycles. The van der Waals surface area contributed by atoms with Crippen LogP contribution in [0.25, 0.3) is 0 Å². The molecule has 28 heavy (non-hydrogen) atoms. The Morgan fingerprint density at radius 1 is 1.25 bits per heavy atom. The Kier molecular flexibility index (Phi) is 4.85. The SMILES string of the molecule is Cc1ccc(C(=O)N2CCCC3(C2)CN(c2cccc(F)c2)C(=O)CO3)cn1. The van der Waals surface area contributed by atoms with Gasteiger partial charge < -0.3 is 14.5 Å². The maximum atomic E-state index is 13.6. The van der Waals surface area contributed by atoms with Crippen LogP contribution in [0.1, 0.15) is 28.9 Å². The van der Waals surface area contributed by atoms with Crippen LogP contribution >= 0.6 is 0 Å². The van der Waals surface area contributed by atoms with E-state index in [-0.39, 0.29) is 18.4 Å². The summed E-state index contributed by atoms with van der Waals surface area (Å²) in [6.07, 6.45) is 3.10. The molecule has 1 spiro atoms. The minimum absolute atomic E-state index is 0.0787. The molecule has 2 amide bonds. The van der Waals surface area contributed by atoms with Crippen molar-refractivity contribution >= 4 is 17.5 Å². The predicted molar refractivity (Wildman–Crippen MR) is 102 cm³/mol. The number of carbonyl (C=O) groups is 2. The molecule has 1 atom stereocenters. The fourth-order valence-electron chi connectivity index (χ4n) is 3.89. The van der Waals surface area contributed by atoms with Crippen LogP contribution in [0.5, 0.6) is 0 Å². The van der Waals surface area contributed by atoms with Crippen LogP contribution in [0.4, 0.5) is 10.1 Å². The first-order chi connectivity index (χ1) is 13.5. The van der Waals surface area contributed by atoms with Gasteiger partial charge in [-0.05, 0) is 50.1 Å². The second-order valence-corrected chi connectivity index (χ2v) is 7.45. The Labute approximate surface area is 162 Å². The Morgan fingerprint density at radius 3 is 2.86 bits per heavy atom. The van der Waals surface area contributed by atoms with Crippen LogP contribution in [-0.4, -0.2) is 53.5 Å². The zero-order chi connectivity index (χ0) is 19.7. The zero-order valence-corrected chi connectivity index (χ0v) is 15.7. The normalized spacial score (nSPS) is 22.6. The molecular weight excluding hydrogens is 361 g/mol. The molecule has 1 aromatic carbocycles. The summed E-state index contributed by atoms with van der Waals surface area (Å²) >= 11 is 0. The zero-order valence-electron chi connectivity index (χ0n) is 15.7. The van der Waals surface area contributed by atoms with Gasteiger partial charge in [0.05, 0.1) is 18.7 Å². The number of amides is 2. The molecule has 4 rings (SSSR count). The lowest BCUT2D eigenvalue weighted by atomic mass is 9.90. The Balaban J connectivity index is 1.54. The largest absolute Gasteiger partial charge is 0.361 e. The molecule has 6 nitrogen and oxygen atoms in total. The monoisotopic (exact) mass is 383 g/mol. The number of hydrogen-bond donors (Lipinski definition) is 0. The van der Waals surface area contributed by atoms with E-state index in [1.54, 1.807) is 34.2 Å². The predicted octanol–water partition coefficient (Wildman–Crippen LogP) is 2.57. The van der Waals surface area contributed by atoms with E-state index in [9.17, 15) is 14.0 Å². The van der Waals surface area contributed by atoms with E-state index in [4.69, 9.17) is 4.74 Å². The third-order valence-electron chi connectivity index (χ3n) is 5.35. The number of hydrogen-bond acceptors (Lipinski definition) is 4. The molecule has 0 N–H and O–H groups in total. The van der Waals surface area contributed by atoms with Gasteiger partial charge in [-0.2, -0.15) is 0 Å². The highest BCUT2D eigenvalue weighted by Gasteiger charge is 2.44. The lowest BCUT2D eigenvalue weighted by molar-refractivity contribution is -0.144. The number of anilines is 1. The van der Waals surface area contributed by atoms with Gasteiger partial charge in [-0.25, -0.2) is 4.39 Å². The quantitative estimate of drug-likeness (QED) is 0.800. The summed E-state index contributed by atoms with van der Waals surface area (Å²) in [5.74, 6) is -0.690. The van der Waals surface area contributed by atoms with E-state index in [0.717, 1.165) is 18.5 Å². The smallest absolute Gasteiger partial charge is 0.255 e. The molecule has 146 valence electrons. The fraction of sp³-hybridized carbons (Fsp3) is 0.381. The van der Waals surface area contributed by atoms with Gasteiger partial charge in [-0.1, -0.05) is 6.07 Å². The number of benzene rings is 1. The summed E-state index contributed by atoms with van der Waals surface area (Å²) in [4.78, 5) is 32.8. The lowest BCUT2D eigenvalue weighted by Crippen LogP contribution is -2.62. The molecule has 2 fully saturated rings. The van der Waals surface area contributed by atoms with Gasteiger partial charge in [-0.3, -0.25) is 14.6 Å². The summed E-state index contributed by atoms with van der Waals surface area (Å²) in [7, 11) is 0. The van der Waals surface area contributed by atoms with E-state index < -0.39 is 11.4 Å². The minimum atomic E-state index is -0.647. The van der Waals surface area contributed by atoms with Crippen molar-refractivity contribution < 1.29 is 18.7 Å². The Morgan fingerprint density at radius 2 is 2.11 bits per heavy atom. The number of aryl methyl sites for hydroxylation is 1. The molecule has 0 radical (unpaired) electrons. The lowest BCUT2D eigenvalue weighted by Gasteiger charge is -2.47. The number of aromatic nitrogens is 1. The molecule has 3 heterocycles. The molecule has 2 aromatic rings. The average molecular weight is 383 g/mol. The van der Waals surface area contributed by atoms with Gasteiger partial charge in [0, 0.05) is 24.1 Å². The van der Waals surface area contributed by atoms with E-state index in [1.165, 1.54) is 12.1 Å². The molecular formula is C21H22FN3O3. The highest BCUT2D eigenvalue weighted by Crippen LogP contribution is 2.32. The van der Waals surface area contributed by atoms with Crippen molar-refractivity contribution in [1.82, 2.24) is 9.88 Å². The molecule has 1 unspecified atom stereocenters. The minimum Gasteiger partial charge on any atom is -0.361 e. The van der Waals surface area contributed by atoms with Crippen molar-refractivity contribution in [2.75, 3.05) is 31.1 Å². The standard InChI is InChI=1S/C21H22FN3O3/c1-15-6-7-16(11-23-15)20(27)24-9-3-8-21(13-24)14-25(19(26)12-28-21)18-5-2-4-17(22)10-18/h2,4-7,10-11H,3,8-9,12-14H2,1H3. The van der Waals surface area contributed by atoms with Gasteiger partial charge in [-0.15, -0.1) is 0 Å². The van der Waals surface area contributed by atoms with Crippen molar-refractivity contribution in [3.8, 4) is 0 Å². The highest BCUT2D eigenvalue weighted by atomic mass is 19.1. The Hall–Kier alpha value is -2.80. The number of pyridine rings is 1. The average Bonchev–Trinajstić information content (AvgIpc) is 2.70. The van der Waals surface area contributed by atoms with E-state index >= 15 is 0 Å². The maximum Gasteiger partial charge on any atom is 0.255 e. The third kappa shape index (κ3) is 3.62. The van der Waals surface area contributed by atoms with Gasteiger partial charge >= 0.3 is 0 Å². The van der Waals surface area contributed by atoms with Crippen LogP contribution in [0.2, 0.25) is 0 Å².